The third-order valence-corrected chi connectivity index (χ3v) is 4.47. The zero-order chi connectivity index (χ0) is 18.8. The Labute approximate surface area is 151 Å². The third-order valence-electron chi connectivity index (χ3n) is 4.47. The summed E-state index contributed by atoms with van der Waals surface area (Å²) in [5, 5.41) is 12.0. The summed E-state index contributed by atoms with van der Waals surface area (Å²) in [5.74, 6) is -0.487. The quantitative estimate of drug-likeness (QED) is 0.535. The molecule has 0 aliphatic rings. The number of amides is 1. The van der Waals surface area contributed by atoms with Gasteiger partial charge in [-0.2, -0.15) is 0 Å². The van der Waals surface area contributed by atoms with Crippen molar-refractivity contribution in [1.82, 2.24) is 0 Å². The molecule has 0 heterocycles. The molecule has 0 aliphatic carbocycles. The van der Waals surface area contributed by atoms with E-state index in [1.807, 2.05) is 13.8 Å². The average Bonchev–Trinajstić information content (AvgIpc) is 2.60. The Morgan fingerprint density at radius 2 is 1.80 bits per heavy atom. The molecule has 4 N–H and O–H groups in total. The molecular formula is C20H32N2O3. The first-order chi connectivity index (χ1) is 11.9. The van der Waals surface area contributed by atoms with E-state index >= 15 is 0 Å². The fourth-order valence-electron chi connectivity index (χ4n) is 2.66. The number of rotatable bonds is 11. The molecule has 0 aromatic heterocycles. The van der Waals surface area contributed by atoms with Crippen molar-refractivity contribution in [3.8, 4) is 0 Å². The summed E-state index contributed by atoms with van der Waals surface area (Å²) in [6, 6.07) is 6.52. The Morgan fingerprint density at radius 3 is 2.32 bits per heavy atom. The number of carbonyl (C=O) groups excluding carboxylic acids is 2. The molecule has 0 aliphatic heterocycles. The Kier molecular flexibility index (Phi) is 9.39. The van der Waals surface area contributed by atoms with Crippen molar-refractivity contribution < 1.29 is 14.7 Å². The van der Waals surface area contributed by atoms with Gasteiger partial charge in [0.2, 0.25) is 5.91 Å². The standard InChI is InChI=1S/C20H32N2O3/c1-4-5-6-7-16(12-18(24)19(21)14(2)3)20(25)22-17-10-8-15(13-23)9-11-17/h8-11,14,16,19,23H,4-7,12-13,21H2,1-3H3,(H,22,25)/t16-,19+/m1/s1. The van der Waals surface area contributed by atoms with Gasteiger partial charge >= 0.3 is 0 Å². The summed E-state index contributed by atoms with van der Waals surface area (Å²) in [6.45, 7) is 5.90. The smallest absolute Gasteiger partial charge is 0.227 e. The monoisotopic (exact) mass is 348 g/mol. The van der Waals surface area contributed by atoms with Gasteiger partial charge in [0.15, 0.2) is 5.78 Å². The first-order valence-electron chi connectivity index (χ1n) is 9.18. The molecule has 0 saturated carbocycles. The molecule has 140 valence electrons. The molecule has 1 aromatic rings. The summed E-state index contributed by atoms with van der Waals surface area (Å²) >= 11 is 0. The van der Waals surface area contributed by atoms with E-state index in [2.05, 4.69) is 12.2 Å². The van der Waals surface area contributed by atoms with E-state index in [0.29, 0.717) is 12.1 Å². The molecule has 1 rings (SSSR count). The number of benzene rings is 1. The van der Waals surface area contributed by atoms with Crippen LogP contribution in [0.1, 0.15) is 58.4 Å². The van der Waals surface area contributed by atoms with Gasteiger partial charge in [0, 0.05) is 18.0 Å². The zero-order valence-electron chi connectivity index (χ0n) is 15.6. The third kappa shape index (κ3) is 7.36. The maximum absolute atomic E-state index is 12.6. The zero-order valence-corrected chi connectivity index (χ0v) is 15.6. The Balaban J connectivity index is 2.74. The van der Waals surface area contributed by atoms with Gasteiger partial charge in [-0.25, -0.2) is 0 Å². The van der Waals surface area contributed by atoms with Crippen LogP contribution in [-0.2, 0) is 16.2 Å². The van der Waals surface area contributed by atoms with Crippen molar-refractivity contribution in [1.29, 1.82) is 0 Å². The molecule has 0 radical (unpaired) electrons. The number of Topliss-reactive ketones (excluding diaryl/α,β-unsaturated/α-hetero) is 1. The van der Waals surface area contributed by atoms with Gasteiger partial charge in [-0.15, -0.1) is 0 Å². The van der Waals surface area contributed by atoms with E-state index in [9.17, 15) is 9.59 Å². The second-order valence-electron chi connectivity index (χ2n) is 6.98. The minimum absolute atomic E-state index is 0.0323. The summed E-state index contributed by atoms with van der Waals surface area (Å²) in [5.41, 5.74) is 7.40. The predicted octanol–water partition coefficient (Wildman–Crippen LogP) is 3.26. The van der Waals surface area contributed by atoms with Crippen LogP contribution in [-0.4, -0.2) is 22.8 Å². The molecule has 25 heavy (non-hydrogen) atoms. The van der Waals surface area contributed by atoms with Gasteiger partial charge < -0.3 is 16.2 Å². The number of aliphatic hydroxyl groups is 1. The summed E-state index contributed by atoms with van der Waals surface area (Å²) in [4.78, 5) is 25.0. The molecule has 2 atom stereocenters. The van der Waals surface area contributed by atoms with Gasteiger partial charge in [0.1, 0.15) is 0 Å². The SMILES string of the molecule is CCCCC[C@H](CC(=O)[C@@H](N)C(C)C)C(=O)Nc1ccc(CO)cc1. The van der Waals surface area contributed by atoms with Crippen LogP contribution < -0.4 is 11.1 Å². The summed E-state index contributed by atoms with van der Waals surface area (Å²) in [6.07, 6.45) is 3.90. The highest BCUT2D eigenvalue weighted by Crippen LogP contribution is 2.19. The van der Waals surface area contributed by atoms with Crippen molar-refractivity contribution in [3.05, 3.63) is 29.8 Å². The molecule has 0 fully saturated rings. The number of unbranched alkanes of at least 4 members (excludes halogenated alkanes) is 2. The number of ketones is 1. The number of nitrogens with one attached hydrogen (secondary N) is 1. The largest absolute Gasteiger partial charge is 0.392 e. The van der Waals surface area contributed by atoms with E-state index in [4.69, 9.17) is 10.8 Å². The van der Waals surface area contributed by atoms with Crippen molar-refractivity contribution in [3.63, 3.8) is 0 Å². The molecule has 5 heteroatoms. The second kappa shape index (κ2) is 11.0. The average molecular weight is 348 g/mol. The highest BCUT2D eigenvalue weighted by atomic mass is 16.3. The van der Waals surface area contributed by atoms with Gasteiger partial charge in [-0.05, 0) is 30.0 Å². The number of carbonyl (C=O) groups is 2. The number of hydrogen-bond donors (Lipinski definition) is 3. The van der Waals surface area contributed by atoms with E-state index < -0.39 is 6.04 Å². The fourth-order valence-corrected chi connectivity index (χ4v) is 2.66. The Hall–Kier alpha value is -1.72. The van der Waals surface area contributed by atoms with Gasteiger partial charge in [0.05, 0.1) is 12.6 Å². The van der Waals surface area contributed by atoms with E-state index in [0.717, 1.165) is 24.8 Å². The molecular weight excluding hydrogens is 316 g/mol. The minimum atomic E-state index is -0.523. The molecule has 0 unspecified atom stereocenters. The van der Waals surface area contributed by atoms with Gasteiger partial charge in [-0.3, -0.25) is 9.59 Å². The summed E-state index contributed by atoms with van der Waals surface area (Å²) in [7, 11) is 0. The van der Waals surface area contributed by atoms with Crippen LogP contribution in [0.5, 0.6) is 0 Å². The van der Waals surface area contributed by atoms with Crippen molar-refractivity contribution in [2.24, 2.45) is 17.6 Å². The van der Waals surface area contributed by atoms with Crippen LogP contribution in [0.15, 0.2) is 24.3 Å². The predicted molar refractivity (Wildman–Crippen MR) is 101 cm³/mol. The lowest BCUT2D eigenvalue weighted by atomic mass is 9.89. The lowest BCUT2D eigenvalue weighted by Gasteiger charge is -2.20. The Morgan fingerprint density at radius 1 is 1.16 bits per heavy atom. The van der Waals surface area contributed by atoms with E-state index in [-0.39, 0.29) is 36.6 Å². The highest BCUT2D eigenvalue weighted by Gasteiger charge is 2.26. The summed E-state index contributed by atoms with van der Waals surface area (Å²) < 4.78 is 0. The first kappa shape index (κ1) is 21.3. The van der Waals surface area contributed by atoms with Crippen LogP contribution in [0.4, 0.5) is 5.69 Å². The van der Waals surface area contributed by atoms with Gasteiger partial charge in [0.25, 0.3) is 0 Å². The van der Waals surface area contributed by atoms with Crippen molar-refractivity contribution in [2.75, 3.05) is 5.32 Å². The Bertz CT molecular complexity index is 540. The van der Waals surface area contributed by atoms with Crippen LogP contribution in [0.25, 0.3) is 0 Å². The molecule has 0 spiro atoms. The van der Waals surface area contributed by atoms with Crippen LogP contribution in [0.3, 0.4) is 0 Å². The maximum atomic E-state index is 12.6. The fraction of sp³-hybridized carbons (Fsp3) is 0.600. The molecule has 1 amide bonds. The molecule has 5 nitrogen and oxygen atoms in total. The van der Waals surface area contributed by atoms with Crippen LogP contribution >= 0.6 is 0 Å². The number of nitrogens with two attached hydrogens (primary N) is 1. The topological polar surface area (TPSA) is 92.4 Å². The molecule has 0 bridgehead atoms. The molecule has 0 saturated heterocycles. The number of anilines is 1. The lowest BCUT2D eigenvalue weighted by molar-refractivity contribution is -0.127. The number of hydrogen-bond acceptors (Lipinski definition) is 4. The molecule has 1 aromatic carbocycles. The number of aliphatic hydroxyl groups excluding tert-OH is 1. The second-order valence-corrected chi connectivity index (χ2v) is 6.98. The highest BCUT2D eigenvalue weighted by molar-refractivity contribution is 5.96. The first-order valence-corrected chi connectivity index (χ1v) is 9.18. The minimum Gasteiger partial charge on any atom is -0.392 e. The maximum Gasteiger partial charge on any atom is 0.227 e. The van der Waals surface area contributed by atoms with E-state index in [1.54, 1.807) is 24.3 Å². The van der Waals surface area contributed by atoms with E-state index in [1.165, 1.54) is 0 Å². The van der Waals surface area contributed by atoms with Crippen LogP contribution in [0, 0.1) is 11.8 Å². The van der Waals surface area contributed by atoms with Crippen molar-refractivity contribution >= 4 is 17.4 Å². The normalized spacial score (nSPS) is 13.5. The van der Waals surface area contributed by atoms with Gasteiger partial charge in [-0.1, -0.05) is 52.2 Å². The van der Waals surface area contributed by atoms with Crippen molar-refractivity contribution in [2.45, 2.75) is 65.5 Å². The van der Waals surface area contributed by atoms with Crippen LogP contribution in [0.2, 0.25) is 0 Å². The lowest BCUT2D eigenvalue weighted by Crippen LogP contribution is -2.38.